The van der Waals surface area contributed by atoms with Crippen LogP contribution in [-0.2, 0) is 23.8 Å². The Balaban J connectivity index is 1.16. The second-order valence-corrected chi connectivity index (χ2v) is 13.5. The van der Waals surface area contributed by atoms with Gasteiger partial charge in [-0.1, -0.05) is 6.92 Å². The van der Waals surface area contributed by atoms with E-state index in [-0.39, 0.29) is 47.1 Å². The molecule has 6 nitrogen and oxygen atoms in total. The number of carbonyl (C=O) groups excluding carboxylic acids is 2. The molecule has 188 valence electrons. The van der Waals surface area contributed by atoms with E-state index in [9.17, 15) is 14.7 Å². The van der Waals surface area contributed by atoms with Crippen molar-refractivity contribution in [3.05, 3.63) is 0 Å². The maximum Gasteiger partial charge on any atom is 0.314 e. The lowest BCUT2D eigenvalue weighted by molar-refractivity contribution is -0.240. The third-order valence-corrected chi connectivity index (χ3v) is 12.6. The van der Waals surface area contributed by atoms with Crippen molar-refractivity contribution < 1.29 is 28.9 Å². The number of aliphatic hydroxyl groups is 1. The second-order valence-electron chi connectivity index (χ2n) is 13.5. The number of aliphatic hydroxyl groups excluding tert-OH is 1. The van der Waals surface area contributed by atoms with Gasteiger partial charge in [0.25, 0.3) is 0 Å². The summed E-state index contributed by atoms with van der Waals surface area (Å²) >= 11 is 0. The van der Waals surface area contributed by atoms with E-state index in [4.69, 9.17) is 14.2 Å². The highest BCUT2D eigenvalue weighted by molar-refractivity contribution is 5.88. The number of fused-ring (bicyclic) bond motifs is 6. The van der Waals surface area contributed by atoms with E-state index < -0.39 is 11.5 Å². The van der Waals surface area contributed by atoms with Crippen LogP contribution in [0.1, 0.15) is 78.6 Å². The van der Waals surface area contributed by atoms with E-state index in [2.05, 4.69) is 13.8 Å². The Morgan fingerprint density at radius 1 is 1.00 bits per heavy atom. The van der Waals surface area contributed by atoms with Crippen LogP contribution in [0.2, 0.25) is 0 Å². The van der Waals surface area contributed by atoms with Gasteiger partial charge in [-0.25, -0.2) is 0 Å². The van der Waals surface area contributed by atoms with Crippen molar-refractivity contribution in [1.29, 1.82) is 0 Å². The molecule has 3 saturated heterocycles. The Hall–Kier alpha value is -0.980. The van der Waals surface area contributed by atoms with E-state index in [1.807, 2.05) is 6.92 Å². The normalized spacial score (nSPS) is 59.9. The van der Waals surface area contributed by atoms with Gasteiger partial charge in [-0.15, -0.1) is 0 Å². The Morgan fingerprint density at radius 2 is 1.76 bits per heavy atom. The SMILES string of the molecule is C[C@]12CC[C@H]3[C@@H](C[C@H]4O[C@]45CCCC(=O)[C@]35C)[C@@H]1CC[C@@H]2[C@@H]1CO[C@]2(C)C[C@H]1OC(=O)[C@@H]2CO. The summed E-state index contributed by atoms with van der Waals surface area (Å²) in [5.41, 5.74) is -0.886. The van der Waals surface area contributed by atoms with Crippen LogP contribution in [0, 0.1) is 46.3 Å². The van der Waals surface area contributed by atoms with E-state index in [1.54, 1.807) is 0 Å². The van der Waals surface area contributed by atoms with E-state index in [1.165, 1.54) is 6.42 Å². The third kappa shape index (κ3) is 2.49. The number of esters is 1. The maximum absolute atomic E-state index is 13.4. The maximum atomic E-state index is 13.4. The van der Waals surface area contributed by atoms with Gasteiger partial charge in [-0.2, -0.15) is 0 Å². The van der Waals surface area contributed by atoms with Crippen molar-refractivity contribution in [2.75, 3.05) is 13.2 Å². The molecule has 2 bridgehead atoms. The fourth-order valence-corrected chi connectivity index (χ4v) is 10.7. The Bertz CT molecular complexity index is 934. The van der Waals surface area contributed by atoms with Gasteiger partial charge in [0.15, 0.2) is 0 Å². The highest BCUT2D eigenvalue weighted by atomic mass is 16.6. The Labute approximate surface area is 202 Å². The second kappa shape index (κ2) is 6.86. The molecule has 7 rings (SSSR count). The van der Waals surface area contributed by atoms with Crippen molar-refractivity contribution in [2.24, 2.45) is 46.3 Å². The molecule has 7 aliphatic rings. The quantitative estimate of drug-likeness (QED) is 0.488. The summed E-state index contributed by atoms with van der Waals surface area (Å²) in [6.45, 7) is 7.10. The minimum absolute atomic E-state index is 0.115. The van der Waals surface area contributed by atoms with Crippen LogP contribution in [0.3, 0.4) is 0 Å². The zero-order valence-corrected chi connectivity index (χ0v) is 20.9. The number of epoxide rings is 1. The number of ether oxygens (including phenoxy) is 3. The van der Waals surface area contributed by atoms with Gasteiger partial charge in [0, 0.05) is 18.8 Å². The van der Waals surface area contributed by atoms with Gasteiger partial charge in [-0.3, -0.25) is 9.59 Å². The van der Waals surface area contributed by atoms with Crippen molar-refractivity contribution in [3.63, 3.8) is 0 Å². The first-order valence-electron chi connectivity index (χ1n) is 13.8. The molecule has 12 atom stereocenters. The topological polar surface area (TPSA) is 85.4 Å². The van der Waals surface area contributed by atoms with Crippen LogP contribution in [0.4, 0.5) is 0 Å². The zero-order chi connectivity index (χ0) is 23.7. The number of carbonyl (C=O) groups is 2. The summed E-state index contributed by atoms with van der Waals surface area (Å²) in [6.07, 6.45) is 9.33. The van der Waals surface area contributed by atoms with Gasteiger partial charge < -0.3 is 19.3 Å². The molecule has 4 saturated carbocycles. The van der Waals surface area contributed by atoms with Gasteiger partial charge in [-0.05, 0) is 87.9 Å². The molecule has 0 amide bonds. The lowest BCUT2D eigenvalue weighted by Gasteiger charge is -2.59. The molecular formula is C28H40O6. The number of rotatable bonds is 2. The van der Waals surface area contributed by atoms with Gasteiger partial charge in [0.2, 0.25) is 0 Å². The van der Waals surface area contributed by atoms with Crippen molar-refractivity contribution in [1.82, 2.24) is 0 Å². The minimum atomic E-state index is -0.617. The molecule has 0 unspecified atom stereocenters. The first-order valence-corrected chi connectivity index (χ1v) is 13.8. The highest BCUT2D eigenvalue weighted by Crippen LogP contribution is 2.73. The molecule has 34 heavy (non-hydrogen) atoms. The van der Waals surface area contributed by atoms with Crippen LogP contribution >= 0.6 is 0 Å². The summed E-state index contributed by atoms with van der Waals surface area (Å²) in [6, 6.07) is 0. The van der Waals surface area contributed by atoms with Gasteiger partial charge in [0.05, 0.1) is 30.3 Å². The number of ketones is 1. The molecule has 1 spiro atoms. The molecule has 0 aromatic carbocycles. The van der Waals surface area contributed by atoms with Crippen molar-refractivity contribution in [2.45, 2.75) is 102 Å². The van der Waals surface area contributed by atoms with Crippen molar-refractivity contribution in [3.8, 4) is 0 Å². The van der Waals surface area contributed by atoms with E-state index >= 15 is 0 Å². The Morgan fingerprint density at radius 3 is 2.53 bits per heavy atom. The lowest BCUT2D eigenvalue weighted by Crippen LogP contribution is -2.62. The Kier molecular flexibility index (Phi) is 4.49. The van der Waals surface area contributed by atoms with Crippen LogP contribution in [0.5, 0.6) is 0 Å². The van der Waals surface area contributed by atoms with Crippen LogP contribution in [0.25, 0.3) is 0 Å². The fourth-order valence-electron chi connectivity index (χ4n) is 10.7. The summed E-state index contributed by atoms with van der Waals surface area (Å²) in [7, 11) is 0. The molecule has 4 aliphatic carbocycles. The average Bonchev–Trinajstić information content (AvgIpc) is 3.38. The van der Waals surface area contributed by atoms with E-state index in [0.29, 0.717) is 42.5 Å². The van der Waals surface area contributed by atoms with Crippen LogP contribution in [-0.4, -0.2) is 53.5 Å². The highest BCUT2D eigenvalue weighted by Gasteiger charge is 2.78. The molecule has 0 aromatic rings. The fraction of sp³-hybridized carbons (Fsp3) is 0.929. The molecule has 6 heteroatoms. The average molecular weight is 473 g/mol. The van der Waals surface area contributed by atoms with Crippen LogP contribution in [0.15, 0.2) is 0 Å². The van der Waals surface area contributed by atoms with Gasteiger partial charge >= 0.3 is 5.97 Å². The molecule has 3 aliphatic heterocycles. The lowest BCUT2D eigenvalue weighted by atomic mass is 9.44. The number of hydrogen-bond donors (Lipinski definition) is 1. The number of Topliss-reactive ketones (excluding diaryl/α,β-unsaturated/α-hetero) is 1. The largest absolute Gasteiger partial charge is 0.461 e. The molecular weight excluding hydrogens is 432 g/mol. The predicted octanol–water partition coefficient (Wildman–Crippen LogP) is 3.67. The first kappa shape index (κ1) is 22.2. The van der Waals surface area contributed by atoms with Crippen LogP contribution < -0.4 is 0 Å². The molecule has 0 aromatic heterocycles. The molecule has 0 radical (unpaired) electrons. The predicted molar refractivity (Wildman–Crippen MR) is 123 cm³/mol. The zero-order valence-electron chi connectivity index (χ0n) is 20.9. The number of hydrogen-bond acceptors (Lipinski definition) is 6. The molecule has 3 heterocycles. The molecule has 7 fully saturated rings. The molecule has 1 N–H and O–H groups in total. The third-order valence-electron chi connectivity index (χ3n) is 12.6. The monoisotopic (exact) mass is 472 g/mol. The minimum Gasteiger partial charge on any atom is -0.461 e. The van der Waals surface area contributed by atoms with Gasteiger partial charge in [0.1, 0.15) is 23.4 Å². The summed E-state index contributed by atoms with van der Waals surface area (Å²) in [5.74, 6) is 1.86. The first-order chi connectivity index (χ1) is 16.2. The standard InChI is InChI=1S/C28H40O6/c1-25-10-8-19-15(11-23-28(34-23)9-4-5-22(30)27(19,28)3)17(25)6-7-18(25)16-14-32-26(2)12-21(16)33-24(31)20(26)13-29/h15-21,23,29H,4-14H2,1-3H3/t15-,16-,17-,18+,19-,20-,21+,23+,25-,26+,27-,28+/m0/s1. The summed E-state index contributed by atoms with van der Waals surface area (Å²) < 4.78 is 18.8. The summed E-state index contributed by atoms with van der Waals surface area (Å²) in [4.78, 5) is 26.1. The summed E-state index contributed by atoms with van der Waals surface area (Å²) in [5, 5.41) is 9.75. The smallest absolute Gasteiger partial charge is 0.314 e. The van der Waals surface area contributed by atoms with Crippen molar-refractivity contribution >= 4 is 11.8 Å². The van der Waals surface area contributed by atoms with E-state index in [0.717, 1.165) is 44.9 Å².